The van der Waals surface area contributed by atoms with Crippen molar-refractivity contribution in [2.45, 2.75) is 38.1 Å². The molecule has 1 saturated heterocycles. The lowest BCUT2D eigenvalue weighted by Gasteiger charge is -2.38. The van der Waals surface area contributed by atoms with Crippen molar-refractivity contribution in [2.75, 3.05) is 13.2 Å². The lowest BCUT2D eigenvalue weighted by Crippen LogP contribution is -2.62. The van der Waals surface area contributed by atoms with Crippen molar-refractivity contribution in [1.29, 1.82) is 0 Å². The van der Waals surface area contributed by atoms with E-state index in [2.05, 4.69) is 10.3 Å². The van der Waals surface area contributed by atoms with Crippen LogP contribution in [0.15, 0.2) is 18.2 Å². The average molecular weight is 352 g/mol. The molecule has 25 heavy (non-hydrogen) atoms. The zero-order valence-corrected chi connectivity index (χ0v) is 14.1. The molecule has 2 atom stereocenters. The van der Waals surface area contributed by atoms with Crippen molar-refractivity contribution in [2.24, 2.45) is 0 Å². The molecule has 0 aromatic carbocycles. The smallest absolute Gasteiger partial charge is 0.349 e. The first-order valence-electron chi connectivity index (χ1n) is 7.61. The third-order valence-corrected chi connectivity index (χ3v) is 3.69. The summed E-state index contributed by atoms with van der Waals surface area (Å²) in [7, 11) is 0. The van der Waals surface area contributed by atoms with E-state index in [1.807, 2.05) is 0 Å². The number of hydrogen-bond acceptors (Lipinski definition) is 7. The van der Waals surface area contributed by atoms with Gasteiger partial charge in [0.15, 0.2) is 0 Å². The number of morpholine rings is 1. The van der Waals surface area contributed by atoms with Crippen LogP contribution < -0.4 is 5.32 Å². The second kappa shape index (κ2) is 6.77. The molecule has 0 radical (unpaired) electrons. The molecule has 1 aromatic rings. The van der Waals surface area contributed by atoms with Crippen molar-refractivity contribution in [3.8, 4) is 0 Å². The van der Waals surface area contributed by atoms with Gasteiger partial charge in [0.2, 0.25) is 11.7 Å². The predicted molar refractivity (Wildman–Crippen MR) is 83.3 cm³/mol. The number of nitrogens with one attached hydrogen (secondary N) is 1. The monoisotopic (exact) mass is 352 g/mol. The van der Waals surface area contributed by atoms with Crippen LogP contribution in [0, 0.1) is 0 Å². The fourth-order valence-corrected chi connectivity index (χ4v) is 2.55. The number of esters is 1. The van der Waals surface area contributed by atoms with Gasteiger partial charge in [0.25, 0.3) is 5.91 Å². The maximum Gasteiger partial charge on any atom is 0.349 e. The van der Waals surface area contributed by atoms with Crippen molar-refractivity contribution in [3.05, 3.63) is 29.6 Å². The van der Waals surface area contributed by atoms with E-state index in [0.717, 1.165) is 6.92 Å². The summed E-state index contributed by atoms with van der Waals surface area (Å²) >= 11 is 0. The van der Waals surface area contributed by atoms with Gasteiger partial charge in [-0.05, 0) is 26.0 Å². The van der Waals surface area contributed by atoms with Gasteiger partial charge < -0.3 is 25.0 Å². The van der Waals surface area contributed by atoms with Gasteiger partial charge in [0.05, 0.1) is 18.0 Å². The Morgan fingerprint density at radius 2 is 2.12 bits per heavy atom. The van der Waals surface area contributed by atoms with Gasteiger partial charge in [-0.3, -0.25) is 14.6 Å². The predicted octanol–water partition coefficient (Wildman–Crippen LogP) is -0.333. The Kier molecular flexibility index (Phi) is 5.09. The molecule has 1 amide bonds. The molecular formula is C16H20N2O7. The van der Waals surface area contributed by atoms with Crippen LogP contribution in [-0.2, 0) is 35.1 Å². The number of hydrogen-bond donors (Lipinski definition) is 3. The number of aromatic nitrogens is 1. The Morgan fingerprint density at radius 1 is 1.44 bits per heavy atom. The van der Waals surface area contributed by atoms with Crippen LogP contribution >= 0.6 is 0 Å². The molecule has 2 heterocycles. The molecule has 9 heteroatoms. The van der Waals surface area contributed by atoms with Gasteiger partial charge in [-0.15, -0.1) is 0 Å². The molecule has 0 saturated carbocycles. The van der Waals surface area contributed by atoms with Crippen LogP contribution in [0.25, 0.3) is 0 Å². The summed E-state index contributed by atoms with van der Waals surface area (Å²) in [6.07, 6.45) is -1.94. The topological polar surface area (TPSA) is 135 Å². The van der Waals surface area contributed by atoms with Gasteiger partial charge in [0.1, 0.15) is 5.60 Å². The van der Waals surface area contributed by atoms with Crippen molar-refractivity contribution in [3.63, 3.8) is 0 Å². The maximum absolute atomic E-state index is 12.6. The molecule has 0 spiro atoms. The third kappa shape index (κ3) is 3.62. The molecule has 1 fully saturated rings. The number of carbonyl (C=O) groups is 3. The van der Waals surface area contributed by atoms with Gasteiger partial charge in [-0.1, -0.05) is 6.07 Å². The number of aliphatic carboxylic acids is 1. The first-order valence-corrected chi connectivity index (χ1v) is 7.61. The van der Waals surface area contributed by atoms with Crippen LogP contribution in [0.4, 0.5) is 0 Å². The number of carbonyl (C=O) groups excluding carboxylic acids is 2. The molecule has 136 valence electrons. The lowest BCUT2D eigenvalue weighted by molar-refractivity contribution is -0.201. The molecule has 9 nitrogen and oxygen atoms in total. The normalized spacial score (nSPS) is 22.0. The highest BCUT2D eigenvalue weighted by molar-refractivity contribution is 5.94. The lowest BCUT2D eigenvalue weighted by atomic mass is 9.88. The quantitative estimate of drug-likeness (QED) is 0.613. The summed E-state index contributed by atoms with van der Waals surface area (Å²) in [5.41, 5.74) is -3.35. The number of nitrogens with zero attached hydrogens (tertiary/aromatic N) is 1. The summed E-state index contributed by atoms with van der Waals surface area (Å²) in [4.78, 5) is 39.9. The first kappa shape index (κ1) is 18.8. The van der Waals surface area contributed by atoms with E-state index in [1.165, 1.54) is 32.0 Å². The van der Waals surface area contributed by atoms with Crippen molar-refractivity contribution < 1.29 is 34.1 Å². The standard InChI is InChI=1S/C16H20N2O7/c1-9(19)25-12(13(20)21)16(14(22)17-7-8-24-16)11-6-4-5-10(18-11)15(2,3)23/h4-6,12,23H,7-8H2,1-3H3,(H,17,22)(H,20,21)/t12?,16-/m1/s1. The van der Waals surface area contributed by atoms with Crippen LogP contribution in [0.5, 0.6) is 0 Å². The Balaban J connectivity index is 2.66. The minimum absolute atomic E-state index is 0.00517. The Hall–Kier alpha value is -2.52. The summed E-state index contributed by atoms with van der Waals surface area (Å²) < 4.78 is 10.4. The Labute approximate surface area is 144 Å². The van der Waals surface area contributed by atoms with E-state index in [9.17, 15) is 24.6 Å². The molecule has 0 bridgehead atoms. The van der Waals surface area contributed by atoms with Crippen LogP contribution in [0.2, 0.25) is 0 Å². The minimum Gasteiger partial charge on any atom is -0.478 e. The first-order chi connectivity index (χ1) is 11.6. The Morgan fingerprint density at radius 3 is 2.64 bits per heavy atom. The van der Waals surface area contributed by atoms with Gasteiger partial charge >= 0.3 is 11.9 Å². The van der Waals surface area contributed by atoms with Gasteiger partial charge in [0, 0.05) is 13.5 Å². The number of carboxylic acids is 1. The number of aliphatic hydroxyl groups is 1. The van der Waals surface area contributed by atoms with Gasteiger partial charge in [-0.25, -0.2) is 4.79 Å². The molecule has 2 rings (SSSR count). The minimum atomic E-state index is -2.16. The van der Waals surface area contributed by atoms with E-state index in [0.29, 0.717) is 0 Å². The van der Waals surface area contributed by atoms with Crippen molar-refractivity contribution >= 4 is 17.8 Å². The maximum atomic E-state index is 12.6. The number of amides is 1. The number of carboxylic acid groups (broad SMARTS) is 1. The SMILES string of the molecule is CC(=O)OC(C(=O)O)[C@@]1(c2cccc(C(C)(C)O)n2)OCCNC1=O. The largest absolute Gasteiger partial charge is 0.478 e. The zero-order valence-electron chi connectivity index (χ0n) is 14.1. The van der Waals surface area contributed by atoms with E-state index in [4.69, 9.17) is 9.47 Å². The zero-order chi connectivity index (χ0) is 18.8. The highest BCUT2D eigenvalue weighted by Gasteiger charge is 2.57. The van der Waals surface area contributed by atoms with E-state index >= 15 is 0 Å². The summed E-state index contributed by atoms with van der Waals surface area (Å²) in [5, 5.41) is 22.2. The number of pyridine rings is 1. The molecule has 3 N–H and O–H groups in total. The summed E-state index contributed by atoms with van der Waals surface area (Å²) in [6, 6.07) is 4.43. The van der Waals surface area contributed by atoms with Crippen LogP contribution in [0.3, 0.4) is 0 Å². The highest BCUT2D eigenvalue weighted by atomic mass is 16.6. The molecule has 1 aliphatic heterocycles. The van der Waals surface area contributed by atoms with Crippen molar-refractivity contribution in [1.82, 2.24) is 10.3 Å². The second-order valence-corrected chi connectivity index (χ2v) is 6.13. The van der Waals surface area contributed by atoms with E-state index < -0.39 is 35.2 Å². The second-order valence-electron chi connectivity index (χ2n) is 6.13. The molecule has 1 aliphatic rings. The van der Waals surface area contributed by atoms with Gasteiger partial charge in [-0.2, -0.15) is 0 Å². The van der Waals surface area contributed by atoms with Crippen LogP contribution in [0.1, 0.15) is 32.2 Å². The fraction of sp³-hybridized carbons (Fsp3) is 0.500. The van der Waals surface area contributed by atoms with E-state index in [1.54, 1.807) is 0 Å². The van der Waals surface area contributed by atoms with Crippen LogP contribution in [-0.4, -0.2) is 52.3 Å². The third-order valence-electron chi connectivity index (χ3n) is 3.69. The molecule has 0 aliphatic carbocycles. The number of ether oxygens (including phenoxy) is 2. The number of rotatable bonds is 5. The summed E-state index contributed by atoms with van der Waals surface area (Å²) in [5.74, 6) is -3.22. The summed E-state index contributed by atoms with van der Waals surface area (Å²) in [6.45, 7) is 4.21. The fourth-order valence-electron chi connectivity index (χ4n) is 2.55. The molecule has 1 aromatic heterocycles. The highest BCUT2D eigenvalue weighted by Crippen LogP contribution is 2.34. The molecule has 1 unspecified atom stereocenters. The van der Waals surface area contributed by atoms with E-state index in [-0.39, 0.29) is 24.5 Å². The molecular weight excluding hydrogens is 332 g/mol. The average Bonchev–Trinajstić information content (AvgIpc) is 2.52. The Bertz CT molecular complexity index is 698.